The molecule has 0 spiro atoms. The maximum atomic E-state index is 11.9. The molecule has 0 heterocycles. The van der Waals surface area contributed by atoms with Crippen molar-refractivity contribution >= 4 is 37.4 Å². The van der Waals surface area contributed by atoms with Crippen LogP contribution in [0.5, 0.6) is 0 Å². The Kier molecular flexibility index (Phi) is 6.67. The van der Waals surface area contributed by atoms with Gasteiger partial charge in [0.25, 0.3) is 0 Å². The number of sulfone groups is 1. The van der Waals surface area contributed by atoms with E-state index in [4.69, 9.17) is 11.6 Å². The minimum atomic E-state index is -3.02. The Bertz CT molecular complexity index is 456. The van der Waals surface area contributed by atoms with E-state index in [0.717, 1.165) is 23.7 Å². The summed E-state index contributed by atoms with van der Waals surface area (Å²) in [5.74, 6) is 0.791. The van der Waals surface area contributed by atoms with Crippen molar-refractivity contribution in [2.45, 2.75) is 25.5 Å². The van der Waals surface area contributed by atoms with Gasteiger partial charge in [-0.1, -0.05) is 46.6 Å². The molecule has 0 aliphatic heterocycles. The number of rotatable bonds is 7. The highest BCUT2D eigenvalue weighted by atomic mass is 79.9. The fourth-order valence-corrected chi connectivity index (χ4v) is 4.13. The fourth-order valence-electron chi connectivity index (χ4n) is 1.62. The van der Waals surface area contributed by atoms with E-state index in [1.54, 1.807) is 24.3 Å². The summed E-state index contributed by atoms with van der Waals surface area (Å²) in [5, 5.41) is 1.55. The molecular weight excluding hydrogens is 336 g/mol. The monoisotopic (exact) mass is 352 g/mol. The van der Waals surface area contributed by atoms with Gasteiger partial charge in [-0.05, 0) is 36.5 Å². The standard InChI is InChI=1S/C13H18BrClO2S/c1-11(6-8-14)7-9-18(16,17)10-12-2-4-13(15)5-3-12/h2-5,11H,6-10H2,1H3. The van der Waals surface area contributed by atoms with Gasteiger partial charge >= 0.3 is 0 Å². The Labute approximate surface area is 123 Å². The summed E-state index contributed by atoms with van der Waals surface area (Å²) in [6, 6.07) is 6.98. The number of hydrogen-bond acceptors (Lipinski definition) is 2. The van der Waals surface area contributed by atoms with Gasteiger partial charge in [0.05, 0.1) is 11.5 Å². The highest BCUT2D eigenvalue weighted by Crippen LogP contribution is 2.15. The number of benzene rings is 1. The van der Waals surface area contributed by atoms with Crippen molar-refractivity contribution in [3.63, 3.8) is 0 Å². The van der Waals surface area contributed by atoms with Crippen molar-refractivity contribution < 1.29 is 8.42 Å². The predicted octanol–water partition coefficient (Wildman–Crippen LogP) is 4.07. The zero-order chi connectivity index (χ0) is 13.6. The molecule has 0 aliphatic rings. The second kappa shape index (κ2) is 7.51. The second-order valence-electron chi connectivity index (χ2n) is 4.59. The average Bonchev–Trinajstić information content (AvgIpc) is 2.30. The zero-order valence-corrected chi connectivity index (χ0v) is 13.6. The van der Waals surface area contributed by atoms with Crippen molar-refractivity contribution in [2.75, 3.05) is 11.1 Å². The van der Waals surface area contributed by atoms with Crippen LogP contribution in [0.2, 0.25) is 5.02 Å². The Hall–Kier alpha value is -0.0600. The average molecular weight is 354 g/mol. The van der Waals surface area contributed by atoms with Crippen LogP contribution in [0, 0.1) is 5.92 Å². The summed E-state index contributed by atoms with van der Waals surface area (Å²) < 4.78 is 23.9. The first-order valence-electron chi connectivity index (χ1n) is 5.94. The molecule has 18 heavy (non-hydrogen) atoms. The molecule has 1 aromatic rings. The third-order valence-electron chi connectivity index (χ3n) is 2.82. The van der Waals surface area contributed by atoms with Crippen molar-refractivity contribution in [3.05, 3.63) is 34.9 Å². The smallest absolute Gasteiger partial charge is 0.154 e. The van der Waals surface area contributed by atoms with Crippen molar-refractivity contribution in [2.24, 2.45) is 5.92 Å². The second-order valence-corrected chi connectivity index (χ2v) is 8.00. The number of halogens is 2. The summed E-state index contributed by atoms with van der Waals surface area (Å²) >= 11 is 9.14. The zero-order valence-electron chi connectivity index (χ0n) is 10.4. The highest BCUT2D eigenvalue weighted by molar-refractivity contribution is 9.09. The van der Waals surface area contributed by atoms with Crippen LogP contribution >= 0.6 is 27.5 Å². The molecule has 102 valence electrons. The third-order valence-corrected chi connectivity index (χ3v) is 5.16. The molecule has 5 heteroatoms. The molecule has 0 aliphatic carbocycles. The van der Waals surface area contributed by atoms with Crippen LogP contribution in [0.25, 0.3) is 0 Å². The first-order valence-corrected chi connectivity index (χ1v) is 9.26. The van der Waals surface area contributed by atoms with E-state index in [9.17, 15) is 8.42 Å². The molecule has 0 N–H and O–H groups in total. The maximum Gasteiger partial charge on any atom is 0.154 e. The normalized spacial score (nSPS) is 13.5. The summed E-state index contributed by atoms with van der Waals surface area (Å²) in [6.07, 6.45) is 1.73. The third kappa shape index (κ3) is 6.21. The molecular formula is C13H18BrClO2S. The highest BCUT2D eigenvalue weighted by Gasteiger charge is 2.14. The summed E-state index contributed by atoms with van der Waals surface area (Å²) in [4.78, 5) is 0. The van der Waals surface area contributed by atoms with E-state index in [1.807, 2.05) is 0 Å². The van der Waals surface area contributed by atoms with Gasteiger partial charge in [0.15, 0.2) is 9.84 Å². The largest absolute Gasteiger partial charge is 0.228 e. The topological polar surface area (TPSA) is 34.1 Å². The van der Waals surface area contributed by atoms with Crippen LogP contribution < -0.4 is 0 Å². The fraction of sp³-hybridized carbons (Fsp3) is 0.538. The van der Waals surface area contributed by atoms with Gasteiger partial charge < -0.3 is 0 Å². The van der Waals surface area contributed by atoms with Crippen molar-refractivity contribution in [3.8, 4) is 0 Å². The van der Waals surface area contributed by atoms with Crippen LogP contribution in [0.15, 0.2) is 24.3 Å². The van der Waals surface area contributed by atoms with E-state index in [0.29, 0.717) is 10.9 Å². The lowest BCUT2D eigenvalue weighted by Crippen LogP contribution is -2.12. The van der Waals surface area contributed by atoms with Crippen LogP contribution in [0.1, 0.15) is 25.3 Å². The van der Waals surface area contributed by atoms with Crippen LogP contribution in [-0.2, 0) is 15.6 Å². The Morgan fingerprint density at radius 2 is 1.83 bits per heavy atom. The van der Waals surface area contributed by atoms with E-state index < -0.39 is 9.84 Å². The molecule has 1 atom stereocenters. The first-order chi connectivity index (χ1) is 8.43. The SMILES string of the molecule is CC(CCBr)CCS(=O)(=O)Cc1ccc(Cl)cc1. The lowest BCUT2D eigenvalue weighted by atomic mass is 10.1. The Morgan fingerprint density at radius 1 is 1.22 bits per heavy atom. The van der Waals surface area contributed by atoms with Crippen molar-refractivity contribution in [1.82, 2.24) is 0 Å². The molecule has 0 amide bonds. The van der Waals surface area contributed by atoms with Crippen LogP contribution in [0.3, 0.4) is 0 Å². The van der Waals surface area contributed by atoms with Gasteiger partial charge in [0.1, 0.15) is 0 Å². The van der Waals surface area contributed by atoms with Gasteiger partial charge in [-0.15, -0.1) is 0 Å². The quantitative estimate of drug-likeness (QED) is 0.693. The minimum Gasteiger partial charge on any atom is -0.228 e. The molecule has 0 fully saturated rings. The molecule has 0 radical (unpaired) electrons. The molecule has 1 aromatic carbocycles. The lowest BCUT2D eigenvalue weighted by molar-refractivity contribution is 0.536. The molecule has 2 nitrogen and oxygen atoms in total. The minimum absolute atomic E-state index is 0.102. The molecule has 1 rings (SSSR count). The summed E-state index contributed by atoms with van der Waals surface area (Å²) in [6.45, 7) is 2.08. The summed E-state index contributed by atoms with van der Waals surface area (Å²) in [5.41, 5.74) is 0.799. The van der Waals surface area contributed by atoms with E-state index in [-0.39, 0.29) is 11.5 Å². The summed E-state index contributed by atoms with van der Waals surface area (Å²) in [7, 11) is -3.02. The molecule has 0 aromatic heterocycles. The van der Waals surface area contributed by atoms with Gasteiger partial charge in [0.2, 0.25) is 0 Å². The first kappa shape index (κ1) is 16.0. The van der Waals surface area contributed by atoms with E-state index >= 15 is 0 Å². The van der Waals surface area contributed by atoms with Gasteiger partial charge in [-0.2, -0.15) is 0 Å². The van der Waals surface area contributed by atoms with Crippen LogP contribution in [-0.4, -0.2) is 19.5 Å². The molecule has 0 saturated heterocycles. The van der Waals surface area contributed by atoms with Crippen LogP contribution in [0.4, 0.5) is 0 Å². The number of alkyl halides is 1. The van der Waals surface area contributed by atoms with Gasteiger partial charge in [-0.3, -0.25) is 0 Å². The predicted molar refractivity (Wildman–Crippen MR) is 81.1 cm³/mol. The van der Waals surface area contributed by atoms with Crippen molar-refractivity contribution in [1.29, 1.82) is 0 Å². The van der Waals surface area contributed by atoms with E-state index in [1.165, 1.54) is 0 Å². The molecule has 1 unspecified atom stereocenters. The van der Waals surface area contributed by atoms with Gasteiger partial charge in [-0.25, -0.2) is 8.42 Å². The Morgan fingerprint density at radius 3 is 2.39 bits per heavy atom. The molecule has 0 saturated carbocycles. The Balaban J connectivity index is 2.52. The molecule has 0 bridgehead atoms. The maximum absolute atomic E-state index is 11.9. The van der Waals surface area contributed by atoms with Gasteiger partial charge in [0, 0.05) is 10.4 Å². The van der Waals surface area contributed by atoms with E-state index in [2.05, 4.69) is 22.9 Å². The lowest BCUT2D eigenvalue weighted by Gasteiger charge is -2.10. The number of hydrogen-bond donors (Lipinski definition) is 0.